The van der Waals surface area contributed by atoms with E-state index in [4.69, 9.17) is 0 Å². The van der Waals surface area contributed by atoms with E-state index in [1.165, 1.54) is 0 Å². The second-order valence-electron chi connectivity index (χ2n) is 4.46. The molecule has 0 unspecified atom stereocenters. The number of carbonyl (C=O) groups is 2. The molecule has 2 aromatic rings. The summed E-state index contributed by atoms with van der Waals surface area (Å²) in [5, 5.41) is 5.33. The van der Waals surface area contributed by atoms with Gasteiger partial charge in [0.15, 0.2) is 0 Å². The summed E-state index contributed by atoms with van der Waals surface area (Å²) < 4.78 is 0. The fourth-order valence-electron chi connectivity index (χ4n) is 2.49. The Balaban J connectivity index is 2.05. The number of hydrogen-bond acceptors (Lipinski definition) is 4. The molecule has 20 heavy (non-hydrogen) atoms. The minimum absolute atomic E-state index is 0.319. The van der Waals surface area contributed by atoms with Crippen molar-refractivity contribution in [2.45, 2.75) is 0 Å². The van der Waals surface area contributed by atoms with E-state index in [2.05, 4.69) is 20.6 Å². The summed E-state index contributed by atoms with van der Waals surface area (Å²) >= 11 is 0. The van der Waals surface area contributed by atoms with Gasteiger partial charge >= 0.3 is 0 Å². The summed E-state index contributed by atoms with van der Waals surface area (Å²) in [6, 6.07) is 7.00. The smallest absolute Gasteiger partial charge is 0.258 e. The topological polar surface area (TPSA) is 84.0 Å². The van der Waals surface area contributed by atoms with Gasteiger partial charge in [-0.2, -0.15) is 0 Å². The van der Waals surface area contributed by atoms with Crippen LogP contribution >= 0.6 is 0 Å². The Kier molecular flexibility index (Phi) is 2.03. The van der Waals surface area contributed by atoms with E-state index in [9.17, 15) is 9.59 Å². The van der Waals surface area contributed by atoms with E-state index < -0.39 is 0 Å². The number of hydrogen-bond donors (Lipinski definition) is 2. The standard InChI is InChI=1S/C14H8N4O2/c19-13-9(7-3-1-5-15-11(7)17-13)10-8-4-2-6-16-12(8)18-14(10)20/h1-6H,(H,15,17,19)(H,16,18,20)/b10-9+. The van der Waals surface area contributed by atoms with Crippen molar-refractivity contribution in [1.29, 1.82) is 0 Å². The maximum Gasteiger partial charge on any atom is 0.258 e. The highest BCUT2D eigenvalue weighted by Gasteiger charge is 2.35. The first-order valence-corrected chi connectivity index (χ1v) is 6.03. The predicted molar refractivity (Wildman–Crippen MR) is 72.5 cm³/mol. The van der Waals surface area contributed by atoms with Crippen LogP contribution in [-0.4, -0.2) is 21.8 Å². The minimum atomic E-state index is -0.319. The highest BCUT2D eigenvalue weighted by molar-refractivity contribution is 6.48. The van der Waals surface area contributed by atoms with Gasteiger partial charge in [0.1, 0.15) is 11.6 Å². The Morgan fingerprint density at radius 1 is 0.750 bits per heavy atom. The van der Waals surface area contributed by atoms with Crippen molar-refractivity contribution in [3.8, 4) is 0 Å². The fraction of sp³-hybridized carbons (Fsp3) is 0. The summed E-state index contributed by atoms with van der Waals surface area (Å²) in [7, 11) is 0. The van der Waals surface area contributed by atoms with Crippen molar-refractivity contribution in [3.63, 3.8) is 0 Å². The molecule has 0 atom stereocenters. The van der Waals surface area contributed by atoms with Gasteiger partial charge < -0.3 is 10.6 Å². The predicted octanol–water partition coefficient (Wildman–Crippen LogP) is 1.29. The highest BCUT2D eigenvalue weighted by Crippen LogP contribution is 2.40. The largest absolute Gasteiger partial charge is 0.306 e. The highest BCUT2D eigenvalue weighted by atomic mass is 16.2. The minimum Gasteiger partial charge on any atom is -0.306 e. The molecule has 2 aliphatic rings. The molecule has 0 fully saturated rings. The Morgan fingerprint density at radius 2 is 1.20 bits per heavy atom. The van der Waals surface area contributed by atoms with Crippen LogP contribution in [0.1, 0.15) is 11.1 Å². The number of nitrogens with zero attached hydrogens (tertiary/aromatic N) is 2. The molecule has 0 aliphatic carbocycles. The molecule has 4 heterocycles. The van der Waals surface area contributed by atoms with Crippen molar-refractivity contribution in [2.24, 2.45) is 0 Å². The van der Waals surface area contributed by atoms with Gasteiger partial charge in [-0.25, -0.2) is 9.97 Å². The number of amides is 2. The van der Waals surface area contributed by atoms with Crippen LogP contribution in [0.25, 0.3) is 11.1 Å². The van der Waals surface area contributed by atoms with E-state index in [1.54, 1.807) is 36.7 Å². The average molecular weight is 264 g/mol. The Bertz CT molecular complexity index is 743. The van der Waals surface area contributed by atoms with Crippen LogP contribution < -0.4 is 10.6 Å². The summed E-state index contributed by atoms with van der Waals surface area (Å²) in [5.41, 5.74) is 1.97. The molecule has 0 saturated heterocycles. The molecule has 2 aromatic heterocycles. The lowest BCUT2D eigenvalue weighted by Crippen LogP contribution is -2.10. The molecule has 4 rings (SSSR count). The summed E-state index contributed by atoms with van der Waals surface area (Å²) in [6.07, 6.45) is 3.19. The zero-order valence-corrected chi connectivity index (χ0v) is 10.2. The Labute approximate surface area is 113 Å². The first-order chi connectivity index (χ1) is 9.75. The number of carbonyl (C=O) groups excluding carboxylic acids is 2. The van der Waals surface area contributed by atoms with Crippen molar-refractivity contribution < 1.29 is 9.59 Å². The molecule has 2 amide bonds. The SMILES string of the molecule is O=C1Nc2ncccc2/C1=C1\C(=O)Nc2ncccc21. The van der Waals surface area contributed by atoms with Gasteiger partial charge in [-0.1, -0.05) is 0 Å². The van der Waals surface area contributed by atoms with Crippen molar-refractivity contribution in [2.75, 3.05) is 10.6 Å². The zero-order chi connectivity index (χ0) is 13.7. The van der Waals surface area contributed by atoms with Crippen LogP contribution in [0.5, 0.6) is 0 Å². The molecule has 0 bridgehead atoms. The van der Waals surface area contributed by atoms with Gasteiger partial charge in [0.25, 0.3) is 11.8 Å². The summed E-state index contributed by atoms with van der Waals surface area (Å²) in [5.74, 6) is 0.316. The van der Waals surface area contributed by atoms with Crippen LogP contribution in [0.4, 0.5) is 11.6 Å². The monoisotopic (exact) mass is 264 g/mol. The van der Waals surface area contributed by atoms with E-state index in [0.717, 1.165) is 0 Å². The molecule has 2 N–H and O–H groups in total. The van der Waals surface area contributed by atoms with Crippen LogP contribution in [0.15, 0.2) is 36.7 Å². The van der Waals surface area contributed by atoms with E-state index in [-0.39, 0.29) is 11.8 Å². The molecular formula is C14H8N4O2. The van der Waals surface area contributed by atoms with Gasteiger partial charge in [-0.05, 0) is 24.3 Å². The number of anilines is 2. The van der Waals surface area contributed by atoms with Gasteiger partial charge in [-0.15, -0.1) is 0 Å². The molecule has 0 saturated carbocycles. The van der Waals surface area contributed by atoms with Gasteiger partial charge in [-0.3, -0.25) is 9.59 Å². The molecular weight excluding hydrogens is 256 g/mol. The molecule has 6 nitrogen and oxygen atoms in total. The van der Waals surface area contributed by atoms with Gasteiger partial charge in [0.05, 0.1) is 11.1 Å². The number of nitrogens with one attached hydrogen (secondary N) is 2. The molecule has 0 aromatic carbocycles. The van der Waals surface area contributed by atoms with Crippen molar-refractivity contribution >= 4 is 34.6 Å². The summed E-state index contributed by atoms with van der Waals surface area (Å²) in [4.78, 5) is 32.5. The lowest BCUT2D eigenvalue weighted by Gasteiger charge is -2.01. The number of aromatic nitrogens is 2. The van der Waals surface area contributed by atoms with Gasteiger partial charge in [0.2, 0.25) is 0 Å². The Morgan fingerprint density at radius 3 is 1.65 bits per heavy atom. The third-order valence-electron chi connectivity index (χ3n) is 3.32. The van der Waals surface area contributed by atoms with Crippen LogP contribution in [0.2, 0.25) is 0 Å². The summed E-state index contributed by atoms with van der Waals surface area (Å²) in [6.45, 7) is 0. The van der Waals surface area contributed by atoms with Crippen molar-refractivity contribution in [1.82, 2.24) is 9.97 Å². The third kappa shape index (κ3) is 1.33. The van der Waals surface area contributed by atoms with Crippen molar-refractivity contribution in [3.05, 3.63) is 47.8 Å². The first-order valence-electron chi connectivity index (χ1n) is 6.03. The maximum atomic E-state index is 12.2. The molecule has 6 heteroatoms. The normalized spacial score (nSPS) is 19.4. The molecule has 96 valence electrons. The lowest BCUT2D eigenvalue weighted by molar-refractivity contribution is -0.112. The van der Waals surface area contributed by atoms with Gasteiger partial charge in [0, 0.05) is 23.5 Å². The molecule has 0 spiro atoms. The first kappa shape index (κ1) is 10.9. The Hall–Kier alpha value is -3.02. The second kappa shape index (κ2) is 3.74. The number of pyridine rings is 2. The van der Waals surface area contributed by atoms with E-state index >= 15 is 0 Å². The average Bonchev–Trinajstić information content (AvgIpc) is 2.94. The molecule has 0 radical (unpaired) electrons. The van der Waals surface area contributed by atoms with Crippen LogP contribution in [0.3, 0.4) is 0 Å². The van der Waals surface area contributed by atoms with Crippen LogP contribution in [0, 0.1) is 0 Å². The fourth-order valence-corrected chi connectivity index (χ4v) is 2.49. The van der Waals surface area contributed by atoms with Crippen LogP contribution in [-0.2, 0) is 9.59 Å². The number of rotatable bonds is 0. The van der Waals surface area contributed by atoms with E-state index in [0.29, 0.717) is 33.9 Å². The van der Waals surface area contributed by atoms with E-state index in [1.807, 2.05) is 0 Å². The number of fused-ring (bicyclic) bond motifs is 2. The second-order valence-corrected chi connectivity index (χ2v) is 4.46. The lowest BCUT2D eigenvalue weighted by atomic mass is 9.98. The zero-order valence-electron chi connectivity index (χ0n) is 10.2. The molecule has 2 aliphatic heterocycles. The maximum absolute atomic E-state index is 12.2. The third-order valence-corrected chi connectivity index (χ3v) is 3.32. The quantitative estimate of drug-likeness (QED) is 0.702.